The maximum atomic E-state index is 13.0. The van der Waals surface area contributed by atoms with E-state index >= 15 is 0 Å². The Labute approximate surface area is 179 Å². The van der Waals surface area contributed by atoms with Crippen LogP contribution in [0.3, 0.4) is 0 Å². The van der Waals surface area contributed by atoms with Gasteiger partial charge in [0.25, 0.3) is 5.91 Å². The second-order valence-electron chi connectivity index (χ2n) is 8.36. The van der Waals surface area contributed by atoms with Crippen molar-refractivity contribution in [1.29, 1.82) is 0 Å². The molecule has 1 aliphatic rings. The van der Waals surface area contributed by atoms with Crippen molar-refractivity contribution in [1.82, 2.24) is 9.62 Å². The van der Waals surface area contributed by atoms with Gasteiger partial charge in [-0.25, -0.2) is 13.1 Å². The molecule has 1 fully saturated rings. The number of carbonyl (C=O) groups excluding carboxylic acids is 1. The van der Waals surface area contributed by atoms with E-state index in [4.69, 9.17) is 0 Å². The third-order valence-electron chi connectivity index (χ3n) is 6.14. The number of carbonyl (C=O) groups is 1. The molecule has 0 bridgehead atoms. The minimum absolute atomic E-state index is 0.0381. The first kappa shape index (κ1) is 22.5. The third kappa shape index (κ3) is 4.74. The predicted octanol–water partition coefficient (Wildman–Crippen LogP) is 1.37. The van der Waals surface area contributed by atoms with Crippen LogP contribution in [0, 0.1) is 27.7 Å². The van der Waals surface area contributed by atoms with Crippen molar-refractivity contribution in [2.75, 3.05) is 33.2 Å². The zero-order chi connectivity index (χ0) is 22.1. The molecule has 1 amide bonds. The summed E-state index contributed by atoms with van der Waals surface area (Å²) in [5, 5.41) is 0. The lowest BCUT2D eigenvalue weighted by molar-refractivity contribution is -0.883. The predicted molar refractivity (Wildman–Crippen MR) is 118 cm³/mol. The minimum atomic E-state index is -3.64. The van der Waals surface area contributed by atoms with Crippen LogP contribution in [0.1, 0.15) is 38.2 Å². The van der Waals surface area contributed by atoms with Gasteiger partial charge in [-0.3, -0.25) is 4.79 Å². The molecule has 1 saturated heterocycles. The standard InChI is InChI=1S/C23H31N3O3S/c1-16-14-17(2)19(4)22(18(16)3)30(28,29)24-15-20-6-8-21(9-7-20)23(27)26-12-10-25(5)11-13-26/h6-9,14,24H,10-13,15H2,1-5H3/p+1. The van der Waals surface area contributed by atoms with Crippen LogP contribution in [-0.2, 0) is 16.6 Å². The molecule has 2 aromatic carbocycles. The number of hydrogen-bond acceptors (Lipinski definition) is 3. The zero-order valence-corrected chi connectivity index (χ0v) is 19.3. The van der Waals surface area contributed by atoms with Crippen molar-refractivity contribution in [3.63, 3.8) is 0 Å². The molecule has 0 saturated carbocycles. The van der Waals surface area contributed by atoms with Gasteiger partial charge in [-0.1, -0.05) is 18.2 Å². The fourth-order valence-corrected chi connectivity index (χ4v) is 5.50. The molecular weight excluding hydrogens is 398 g/mol. The van der Waals surface area contributed by atoms with Gasteiger partial charge in [-0.15, -0.1) is 0 Å². The van der Waals surface area contributed by atoms with Crippen LogP contribution in [0.25, 0.3) is 0 Å². The molecule has 0 spiro atoms. The second-order valence-corrected chi connectivity index (χ2v) is 10.1. The Kier molecular flexibility index (Phi) is 6.65. The summed E-state index contributed by atoms with van der Waals surface area (Å²) in [5.41, 5.74) is 4.94. The third-order valence-corrected chi connectivity index (χ3v) is 7.81. The van der Waals surface area contributed by atoms with Crippen molar-refractivity contribution in [3.8, 4) is 0 Å². The van der Waals surface area contributed by atoms with Gasteiger partial charge in [-0.2, -0.15) is 0 Å². The van der Waals surface area contributed by atoms with Gasteiger partial charge in [0, 0.05) is 12.1 Å². The lowest BCUT2D eigenvalue weighted by Crippen LogP contribution is -3.12. The lowest BCUT2D eigenvalue weighted by Gasteiger charge is -2.30. The molecule has 1 heterocycles. The van der Waals surface area contributed by atoms with Crippen LogP contribution in [-0.4, -0.2) is 52.5 Å². The smallest absolute Gasteiger partial charge is 0.254 e. The van der Waals surface area contributed by atoms with Gasteiger partial charge in [0.2, 0.25) is 10.0 Å². The Morgan fingerprint density at radius 3 is 2.07 bits per heavy atom. The Balaban J connectivity index is 1.70. The summed E-state index contributed by atoms with van der Waals surface area (Å²) in [6, 6.07) is 9.21. The number of sulfonamides is 1. The van der Waals surface area contributed by atoms with E-state index in [9.17, 15) is 13.2 Å². The SMILES string of the molecule is Cc1cc(C)c(C)c(S(=O)(=O)NCc2ccc(C(=O)N3CC[NH+](C)CC3)cc2)c1C. The Morgan fingerprint density at radius 2 is 1.53 bits per heavy atom. The van der Waals surface area contributed by atoms with Crippen LogP contribution < -0.4 is 9.62 Å². The molecule has 2 N–H and O–H groups in total. The normalized spacial score (nSPS) is 15.4. The number of hydrogen-bond donors (Lipinski definition) is 2. The summed E-state index contributed by atoms with van der Waals surface area (Å²) in [5.74, 6) is 0.0381. The molecule has 6 nitrogen and oxygen atoms in total. The van der Waals surface area contributed by atoms with E-state index in [1.165, 1.54) is 4.90 Å². The summed E-state index contributed by atoms with van der Waals surface area (Å²) in [4.78, 5) is 16.4. The van der Waals surface area contributed by atoms with Crippen molar-refractivity contribution in [3.05, 3.63) is 63.7 Å². The molecule has 30 heavy (non-hydrogen) atoms. The van der Waals surface area contributed by atoms with Gasteiger partial charge in [-0.05, 0) is 67.6 Å². The topological polar surface area (TPSA) is 70.9 Å². The quantitative estimate of drug-likeness (QED) is 0.753. The number of nitrogens with zero attached hydrogens (tertiary/aromatic N) is 1. The highest BCUT2D eigenvalue weighted by molar-refractivity contribution is 7.89. The molecule has 0 aromatic heterocycles. The van der Waals surface area contributed by atoms with Crippen LogP contribution in [0.5, 0.6) is 0 Å². The Bertz CT molecular complexity index is 1010. The van der Waals surface area contributed by atoms with E-state index in [1.807, 2.05) is 50.8 Å². The van der Waals surface area contributed by atoms with Gasteiger partial charge in [0.1, 0.15) is 0 Å². The monoisotopic (exact) mass is 430 g/mol. The van der Waals surface area contributed by atoms with Crippen LogP contribution >= 0.6 is 0 Å². The summed E-state index contributed by atoms with van der Waals surface area (Å²) in [6.07, 6.45) is 0. The average Bonchev–Trinajstić information content (AvgIpc) is 2.71. The summed E-state index contributed by atoms with van der Waals surface area (Å²) < 4.78 is 28.7. The van der Waals surface area contributed by atoms with Crippen molar-refractivity contribution in [2.45, 2.75) is 39.1 Å². The second kappa shape index (κ2) is 8.88. The molecule has 0 radical (unpaired) electrons. The maximum Gasteiger partial charge on any atom is 0.254 e. The Hall–Kier alpha value is -2.22. The lowest BCUT2D eigenvalue weighted by atomic mass is 10.0. The zero-order valence-electron chi connectivity index (χ0n) is 18.5. The Morgan fingerprint density at radius 1 is 1.00 bits per heavy atom. The molecule has 0 aliphatic carbocycles. The number of quaternary nitrogens is 1. The van der Waals surface area contributed by atoms with Crippen molar-refractivity contribution >= 4 is 15.9 Å². The van der Waals surface area contributed by atoms with Gasteiger partial charge >= 0.3 is 0 Å². The highest BCUT2D eigenvalue weighted by atomic mass is 32.2. The van der Waals surface area contributed by atoms with Crippen molar-refractivity contribution in [2.24, 2.45) is 0 Å². The average molecular weight is 431 g/mol. The van der Waals surface area contributed by atoms with Gasteiger partial charge < -0.3 is 9.80 Å². The van der Waals surface area contributed by atoms with Crippen LogP contribution in [0.15, 0.2) is 35.2 Å². The molecule has 2 aromatic rings. The molecule has 3 rings (SSSR count). The number of piperazine rings is 1. The first-order valence-corrected chi connectivity index (χ1v) is 11.8. The maximum absolute atomic E-state index is 13.0. The van der Waals surface area contributed by atoms with Crippen molar-refractivity contribution < 1.29 is 18.1 Å². The largest absolute Gasteiger partial charge is 0.334 e. The fourth-order valence-electron chi connectivity index (χ4n) is 3.87. The fraction of sp³-hybridized carbons (Fsp3) is 0.435. The molecule has 7 heteroatoms. The van der Waals surface area contributed by atoms with Crippen LogP contribution in [0.4, 0.5) is 0 Å². The van der Waals surface area contributed by atoms with E-state index in [0.717, 1.165) is 54.0 Å². The van der Waals surface area contributed by atoms with E-state index in [1.54, 1.807) is 12.1 Å². The minimum Gasteiger partial charge on any atom is -0.334 e. The number of rotatable bonds is 5. The number of benzene rings is 2. The van der Waals surface area contributed by atoms with E-state index in [-0.39, 0.29) is 12.5 Å². The van der Waals surface area contributed by atoms with E-state index in [2.05, 4.69) is 11.8 Å². The highest BCUT2D eigenvalue weighted by Gasteiger charge is 2.23. The molecular formula is C23H32N3O3S+. The molecule has 162 valence electrons. The number of amides is 1. The summed E-state index contributed by atoms with van der Waals surface area (Å²) in [7, 11) is -1.50. The van der Waals surface area contributed by atoms with Gasteiger partial charge in [0.05, 0.1) is 38.1 Å². The number of aryl methyl sites for hydroxylation is 2. The highest BCUT2D eigenvalue weighted by Crippen LogP contribution is 2.26. The number of nitrogens with one attached hydrogen (secondary N) is 2. The van der Waals surface area contributed by atoms with Crippen LogP contribution in [0.2, 0.25) is 0 Å². The molecule has 0 atom stereocenters. The van der Waals surface area contributed by atoms with E-state index < -0.39 is 10.0 Å². The molecule has 0 unspecified atom stereocenters. The first-order valence-electron chi connectivity index (χ1n) is 10.4. The van der Waals surface area contributed by atoms with Gasteiger partial charge in [0.15, 0.2) is 0 Å². The number of likely N-dealkylation sites (N-methyl/N-ethyl adjacent to an activating group) is 1. The first-order chi connectivity index (χ1) is 14.1. The van der Waals surface area contributed by atoms with E-state index in [0.29, 0.717) is 10.5 Å². The summed E-state index contributed by atoms with van der Waals surface area (Å²) in [6.45, 7) is 11.2. The molecule has 1 aliphatic heterocycles. The summed E-state index contributed by atoms with van der Waals surface area (Å²) >= 11 is 0.